The van der Waals surface area contributed by atoms with Crippen LogP contribution in [0.15, 0.2) is 24.3 Å². The standard InChI is InChI=1S/C19H29N/c1-4-13(2)14-9-11-15(12-10-14)19(20-3)18-16-7-5-6-8-17(16)18/h9-13,16-20H,4-8H2,1-3H3. The van der Waals surface area contributed by atoms with Gasteiger partial charge in [-0.15, -0.1) is 0 Å². The summed E-state index contributed by atoms with van der Waals surface area (Å²) in [7, 11) is 2.14. The molecule has 1 nitrogen and oxygen atoms in total. The van der Waals surface area contributed by atoms with E-state index in [0.29, 0.717) is 12.0 Å². The minimum atomic E-state index is 0.578. The topological polar surface area (TPSA) is 12.0 Å². The number of hydrogen-bond acceptors (Lipinski definition) is 1. The number of benzene rings is 1. The predicted octanol–water partition coefficient (Wildman–Crippen LogP) is 4.90. The third-order valence-electron chi connectivity index (χ3n) is 5.90. The lowest BCUT2D eigenvalue weighted by molar-refractivity contribution is 0.480. The fourth-order valence-electron chi connectivity index (χ4n) is 4.39. The van der Waals surface area contributed by atoms with E-state index in [0.717, 1.165) is 17.8 Å². The van der Waals surface area contributed by atoms with Crippen LogP contribution in [0.4, 0.5) is 0 Å². The van der Waals surface area contributed by atoms with Crippen molar-refractivity contribution >= 4 is 0 Å². The van der Waals surface area contributed by atoms with Gasteiger partial charge in [0.2, 0.25) is 0 Å². The first-order valence-electron chi connectivity index (χ1n) is 8.53. The summed E-state index contributed by atoms with van der Waals surface area (Å²) in [5.41, 5.74) is 2.98. The second-order valence-electron chi connectivity index (χ2n) is 6.93. The third kappa shape index (κ3) is 2.53. The largest absolute Gasteiger partial charge is 0.313 e. The molecule has 4 unspecified atom stereocenters. The molecule has 0 bridgehead atoms. The molecule has 0 radical (unpaired) electrons. The zero-order valence-corrected chi connectivity index (χ0v) is 13.2. The van der Waals surface area contributed by atoms with Gasteiger partial charge in [-0.1, -0.05) is 51.0 Å². The van der Waals surface area contributed by atoms with Crippen molar-refractivity contribution in [2.45, 2.75) is 57.9 Å². The van der Waals surface area contributed by atoms with Crippen LogP contribution >= 0.6 is 0 Å². The maximum Gasteiger partial charge on any atom is 0.0351 e. The maximum absolute atomic E-state index is 3.60. The SMILES string of the molecule is CCC(C)c1ccc(C(NC)C2C3CCCCC32)cc1. The van der Waals surface area contributed by atoms with E-state index < -0.39 is 0 Å². The molecule has 0 heterocycles. The van der Waals surface area contributed by atoms with E-state index in [9.17, 15) is 0 Å². The van der Waals surface area contributed by atoms with Gasteiger partial charge in [0, 0.05) is 6.04 Å². The quantitative estimate of drug-likeness (QED) is 0.803. The van der Waals surface area contributed by atoms with Crippen LogP contribution in [0.5, 0.6) is 0 Å². The second kappa shape index (κ2) is 5.89. The number of hydrogen-bond donors (Lipinski definition) is 1. The molecule has 1 N–H and O–H groups in total. The number of nitrogens with one attached hydrogen (secondary N) is 1. The van der Waals surface area contributed by atoms with Crippen LogP contribution in [-0.2, 0) is 0 Å². The zero-order chi connectivity index (χ0) is 14.1. The number of rotatable bonds is 5. The molecular formula is C19H29N. The molecule has 110 valence electrons. The van der Waals surface area contributed by atoms with Crippen LogP contribution < -0.4 is 5.32 Å². The molecule has 3 rings (SSSR count). The Bertz CT molecular complexity index is 424. The van der Waals surface area contributed by atoms with E-state index in [1.807, 2.05) is 0 Å². The Balaban J connectivity index is 1.73. The van der Waals surface area contributed by atoms with Gasteiger partial charge in [0.1, 0.15) is 0 Å². The van der Waals surface area contributed by atoms with Crippen molar-refractivity contribution in [3.63, 3.8) is 0 Å². The lowest BCUT2D eigenvalue weighted by Crippen LogP contribution is -2.19. The molecular weight excluding hydrogens is 242 g/mol. The van der Waals surface area contributed by atoms with Gasteiger partial charge < -0.3 is 5.32 Å². The fourth-order valence-corrected chi connectivity index (χ4v) is 4.39. The van der Waals surface area contributed by atoms with Gasteiger partial charge in [0.25, 0.3) is 0 Å². The van der Waals surface area contributed by atoms with Crippen molar-refractivity contribution < 1.29 is 0 Å². The molecule has 0 spiro atoms. The van der Waals surface area contributed by atoms with Gasteiger partial charge in [-0.05, 0) is 61.1 Å². The summed E-state index contributed by atoms with van der Waals surface area (Å²) in [5, 5.41) is 3.60. The first kappa shape index (κ1) is 14.1. The molecule has 4 atom stereocenters. The van der Waals surface area contributed by atoms with E-state index in [2.05, 4.69) is 50.5 Å². The summed E-state index contributed by atoms with van der Waals surface area (Å²) in [6.45, 7) is 4.59. The van der Waals surface area contributed by atoms with Crippen molar-refractivity contribution in [1.29, 1.82) is 0 Å². The monoisotopic (exact) mass is 271 g/mol. The smallest absolute Gasteiger partial charge is 0.0351 e. The predicted molar refractivity (Wildman–Crippen MR) is 85.9 cm³/mol. The van der Waals surface area contributed by atoms with Crippen molar-refractivity contribution in [3.05, 3.63) is 35.4 Å². The molecule has 0 amide bonds. The van der Waals surface area contributed by atoms with Crippen LogP contribution in [0.3, 0.4) is 0 Å². The van der Waals surface area contributed by atoms with Gasteiger partial charge >= 0.3 is 0 Å². The Labute approximate surface area is 124 Å². The minimum Gasteiger partial charge on any atom is -0.313 e. The van der Waals surface area contributed by atoms with E-state index in [1.54, 1.807) is 0 Å². The number of fused-ring (bicyclic) bond motifs is 1. The first-order valence-corrected chi connectivity index (χ1v) is 8.53. The average molecular weight is 271 g/mol. The lowest BCUT2D eigenvalue weighted by atomic mass is 9.94. The summed E-state index contributed by atoms with van der Waals surface area (Å²) in [4.78, 5) is 0. The highest BCUT2D eigenvalue weighted by atomic mass is 14.9. The highest BCUT2D eigenvalue weighted by molar-refractivity contribution is 5.29. The molecule has 1 aromatic carbocycles. The first-order chi connectivity index (χ1) is 9.76. The van der Waals surface area contributed by atoms with Gasteiger partial charge in [0.15, 0.2) is 0 Å². The summed E-state index contributed by atoms with van der Waals surface area (Å²) >= 11 is 0. The molecule has 1 aromatic rings. The molecule has 2 saturated carbocycles. The summed E-state index contributed by atoms with van der Waals surface area (Å²) in [6.07, 6.45) is 7.08. The molecule has 2 aliphatic rings. The van der Waals surface area contributed by atoms with E-state index in [-0.39, 0.29) is 0 Å². The van der Waals surface area contributed by atoms with Crippen LogP contribution in [-0.4, -0.2) is 7.05 Å². The van der Waals surface area contributed by atoms with E-state index >= 15 is 0 Å². The molecule has 1 heteroatoms. The highest BCUT2D eigenvalue weighted by Gasteiger charge is 2.53. The highest BCUT2D eigenvalue weighted by Crippen LogP contribution is 2.60. The molecule has 2 fully saturated rings. The van der Waals surface area contributed by atoms with E-state index in [4.69, 9.17) is 0 Å². The van der Waals surface area contributed by atoms with Gasteiger partial charge in [-0.25, -0.2) is 0 Å². The molecule has 2 aliphatic carbocycles. The Morgan fingerprint density at radius 2 is 1.60 bits per heavy atom. The Kier molecular flexibility index (Phi) is 4.16. The minimum absolute atomic E-state index is 0.578. The van der Waals surface area contributed by atoms with Gasteiger partial charge in [-0.3, -0.25) is 0 Å². The van der Waals surface area contributed by atoms with Crippen molar-refractivity contribution in [1.82, 2.24) is 5.32 Å². The maximum atomic E-state index is 3.60. The van der Waals surface area contributed by atoms with Crippen LogP contribution in [0, 0.1) is 17.8 Å². The third-order valence-corrected chi connectivity index (χ3v) is 5.90. The van der Waals surface area contributed by atoms with Crippen LogP contribution in [0.25, 0.3) is 0 Å². The molecule has 20 heavy (non-hydrogen) atoms. The van der Waals surface area contributed by atoms with E-state index in [1.165, 1.54) is 43.2 Å². The lowest BCUT2D eigenvalue weighted by Gasteiger charge is -2.18. The Morgan fingerprint density at radius 1 is 1.05 bits per heavy atom. The summed E-state index contributed by atoms with van der Waals surface area (Å²) < 4.78 is 0. The average Bonchev–Trinajstić information content (AvgIpc) is 3.22. The van der Waals surface area contributed by atoms with Gasteiger partial charge in [-0.2, -0.15) is 0 Å². The fraction of sp³-hybridized carbons (Fsp3) is 0.684. The van der Waals surface area contributed by atoms with Crippen molar-refractivity contribution in [3.8, 4) is 0 Å². The second-order valence-corrected chi connectivity index (χ2v) is 6.93. The Morgan fingerprint density at radius 3 is 2.10 bits per heavy atom. The molecule has 0 saturated heterocycles. The molecule has 0 aromatic heterocycles. The van der Waals surface area contributed by atoms with Crippen LogP contribution in [0.1, 0.15) is 69.0 Å². The normalized spacial score (nSPS) is 31.4. The van der Waals surface area contributed by atoms with Crippen molar-refractivity contribution in [2.24, 2.45) is 17.8 Å². The summed E-state index contributed by atoms with van der Waals surface area (Å²) in [5.74, 6) is 3.60. The Hall–Kier alpha value is -0.820. The zero-order valence-electron chi connectivity index (χ0n) is 13.2. The molecule has 0 aliphatic heterocycles. The van der Waals surface area contributed by atoms with Crippen molar-refractivity contribution in [2.75, 3.05) is 7.05 Å². The van der Waals surface area contributed by atoms with Crippen LogP contribution in [0.2, 0.25) is 0 Å². The summed E-state index contributed by atoms with van der Waals surface area (Å²) in [6, 6.07) is 10.0. The van der Waals surface area contributed by atoms with Gasteiger partial charge in [0.05, 0.1) is 0 Å².